The molecule has 0 radical (unpaired) electrons. The van der Waals surface area contributed by atoms with Crippen molar-refractivity contribution in [2.24, 2.45) is 0 Å². The smallest absolute Gasteiger partial charge is 0.127 e. The highest BCUT2D eigenvalue weighted by Gasteiger charge is 2.13. The van der Waals surface area contributed by atoms with Crippen LogP contribution in [0.15, 0.2) is 42.7 Å². The highest BCUT2D eigenvalue weighted by atomic mass is 35.5. The molecule has 0 spiro atoms. The van der Waals surface area contributed by atoms with E-state index >= 15 is 0 Å². The summed E-state index contributed by atoms with van der Waals surface area (Å²) in [4.78, 5) is 4.13. The SMILES string of the molecule is CCCNC(Cc1cccnc1)Cc1ccc(Cl)cc1F. The molecule has 1 aromatic heterocycles. The molecule has 0 aliphatic rings. The molecular formula is C17H20ClFN2. The van der Waals surface area contributed by atoms with Crippen LogP contribution in [-0.2, 0) is 12.8 Å². The van der Waals surface area contributed by atoms with Crippen molar-refractivity contribution in [3.05, 3.63) is 64.7 Å². The zero-order chi connectivity index (χ0) is 15.1. The molecule has 0 saturated carbocycles. The fourth-order valence-electron chi connectivity index (χ4n) is 2.32. The van der Waals surface area contributed by atoms with Crippen molar-refractivity contribution >= 4 is 11.6 Å². The summed E-state index contributed by atoms with van der Waals surface area (Å²) in [6.45, 7) is 3.04. The molecule has 0 aliphatic carbocycles. The zero-order valence-corrected chi connectivity index (χ0v) is 12.9. The third-order valence-corrected chi connectivity index (χ3v) is 3.60. The van der Waals surface area contributed by atoms with Gasteiger partial charge in [0.2, 0.25) is 0 Å². The first-order valence-electron chi connectivity index (χ1n) is 7.25. The first-order chi connectivity index (χ1) is 10.2. The molecule has 0 fully saturated rings. The summed E-state index contributed by atoms with van der Waals surface area (Å²) in [6.07, 6.45) is 6.14. The maximum absolute atomic E-state index is 13.9. The van der Waals surface area contributed by atoms with Crippen LogP contribution < -0.4 is 5.32 Å². The van der Waals surface area contributed by atoms with Gasteiger partial charge in [0.05, 0.1) is 0 Å². The lowest BCUT2D eigenvalue weighted by atomic mass is 9.99. The van der Waals surface area contributed by atoms with E-state index < -0.39 is 0 Å². The van der Waals surface area contributed by atoms with Crippen LogP contribution in [0.5, 0.6) is 0 Å². The Bertz CT molecular complexity index is 560. The Morgan fingerprint density at radius 2 is 2.14 bits per heavy atom. The number of pyridine rings is 1. The number of aromatic nitrogens is 1. The van der Waals surface area contributed by atoms with Gasteiger partial charge in [0.15, 0.2) is 0 Å². The summed E-state index contributed by atoms with van der Waals surface area (Å²) in [5, 5.41) is 3.91. The van der Waals surface area contributed by atoms with Crippen LogP contribution in [-0.4, -0.2) is 17.6 Å². The molecule has 0 bridgehead atoms. The average Bonchev–Trinajstić information content (AvgIpc) is 2.48. The van der Waals surface area contributed by atoms with E-state index in [2.05, 4.69) is 17.2 Å². The van der Waals surface area contributed by atoms with E-state index in [4.69, 9.17) is 11.6 Å². The van der Waals surface area contributed by atoms with Crippen molar-refractivity contribution in [1.29, 1.82) is 0 Å². The topological polar surface area (TPSA) is 24.9 Å². The minimum Gasteiger partial charge on any atom is -0.313 e. The summed E-state index contributed by atoms with van der Waals surface area (Å²) in [5.74, 6) is -0.239. The minimum absolute atomic E-state index is 0.185. The van der Waals surface area contributed by atoms with E-state index in [-0.39, 0.29) is 11.9 Å². The molecule has 0 aliphatic heterocycles. The summed E-state index contributed by atoms with van der Waals surface area (Å²) in [5.41, 5.74) is 1.84. The van der Waals surface area contributed by atoms with Gasteiger partial charge in [-0.25, -0.2) is 4.39 Å². The van der Waals surface area contributed by atoms with E-state index in [1.54, 1.807) is 18.3 Å². The number of hydrogen-bond acceptors (Lipinski definition) is 2. The number of hydrogen-bond donors (Lipinski definition) is 1. The number of nitrogens with one attached hydrogen (secondary N) is 1. The van der Waals surface area contributed by atoms with Crippen molar-refractivity contribution < 1.29 is 4.39 Å². The lowest BCUT2D eigenvalue weighted by Crippen LogP contribution is -2.34. The molecule has 0 amide bonds. The normalized spacial score (nSPS) is 12.3. The second kappa shape index (κ2) is 8.11. The maximum Gasteiger partial charge on any atom is 0.127 e. The molecule has 112 valence electrons. The van der Waals surface area contributed by atoms with Crippen LogP contribution in [0.25, 0.3) is 0 Å². The van der Waals surface area contributed by atoms with E-state index in [0.29, 0.717) is 17.0 Å². The molecule has 2 rings (SSSR count). The van der Waals surface area contributed by atoms with Gasteiger partial charge < -0.3 is 5.32 Å². The molecule has 1 heterocycles. The summed E-state index contributed by atoms with van der Waals surface area (Å²) >= 11 is 5.80. The Balaban J connectivity index is 2.08. The van der Waals surface area contributed by atoms with Crippen molar-refractivity contribution in [3.8, 4) is 0 Å². The molecule has 2 aromatic rings. The number of rotatable bonds is 7. The summed E-state index contributed by atoms with van der Waals surface area (Å²) < 4.78 is 13.9. The van der Waals surface area contributed by atoms with Gasteiger partial charge in [0.25, 0.3) is 0 Å². The van der Waals surface area contributed by atoms with Gasteiger partial charge in [-0.15, -0.1) is 0 Å². The van der Waals surface area contributed by atoms with Crippen LogP contribution in [0.1, 0.15) is 24.5 Å². The van der Waals surface area contributed by atoms with Crippen LogP contribution >= 0.6 is 11.6 Å². The first kappa shape index (κ1) is 15.9. The van der Waals surface area contributed by atoms with Gasteiger partial charge in [-0.05, 0) is 55.1 Å². The Kier molecular flexibility index (Phi) is 6.15. The second-order valence-electron chi connectivity index (χ2n) is 5.16. The van der Waals surface area contributed by atoms with Crippen molar-refractivity contribution in [1.82, 2.24) is 10.3 Å². The molecular weight excluding hydrogens is 287 g/mol. The third-order valence-electron chi connectivity index (χ3n) is 3.37. The molecule has 1 atom stereocenters. The van der Waals surface area contributed by atoms with Gasteiger partial charge in [-0.3, -0.25) is 4.98 Å². The standard InChI is InChI=1S/C17H20ClFN2/c1-2-7-21-16(9-13-4-3-8-20-12-13)10-14-5-6-15(18)11-17(14)19/h3-6,8,11-12,16,21H,2,7,9-10H2,1H3. The molecule has 1 aromatic carbocycles. The van der Waals surface area contributed by atoms with Gasteiger partial charge >= 0.3 is 0 Å². The zero-order valence-electron chi connectivity index (χ0n) is 12.2. The van der Waals surface area contributed by atoms with Crippen LogP contribution in [0.2, 0.25) is 5.02 Å². The molecule has 4 heteroatoms. The Morgan fingerprint density at radius 3 is 2.81 bits per heavy atom. The van der Waals surface area contributed by atoms with Crippen LogP contribution in [0.3, 0.4) is 0 Å². The Morgan fingerprint density at radius 1 is 1.29 bits per heavy atom. The molecule has 0 saturated heterocycles. The summed E-state index contributed by atoms with van der Waals surface area (Å²) in [7, 11) is 0. The van der Waals surface area contributed by atoms with Crippen molar-refractivity contribution in [3.63, 3.8) is 0 Å². The lowest BCUT2D eigenvalue weighted by Gasteiger charge is -2.19. The Hall–Kier alpha value is -1.45. The van der Waals surface area contributed by atoms with Crippen LogP contribution in [0, 0.1) is 5.82 Å². The lowest BCUT2D eigenvalue weighted by molar-refractivity contribution is 0.492. The third kappa shape index (κ3) is 5.10. The van der Waals surface area contributed by atoms with Crippen molar-refractivity contribution in [2.75, 3.05) is 6.54 Å². The highest BCUT2D eigenvalue weighted by molar-refractivity contribution is 6.30. The van der Waals surface area contributed by atoms with Crippen LogP contribution in [0.4, 0.5) is 4.39 Å². The summed E-state index contributed by atoms with van der Waals surface area (Å²) in [6, 6.07) is 9.03. The predicted molar refractivity (Wildman–Crippen MR) is 85.1 cm³/mol. The molecule has 1 N–H and O–H groups in total. The van der Waals surface area contributed by atoms with E-state index in [0.717, 1.165) is 24.9 Å². The molecule has 1 unspecified atom stereocenters. The second-order valence-corrected chi connectivity index (χ2v) is 5.59. The monoisotopic (exact) mass is 306 g/mol. The van der Waals surface area contributed by atoms with Gasteiger partial charge in [0, 0.05) is 23.5 Å². The highest BCUT2D eigenvalue weighted by Crippen LogP contribution is 2.17. The first-order valence-corrected chi connectivity index (χ1v) is 7.63. The molecule has 2 nitrogen and oxygen atoms in total. The quantitative estimate of drug-likeness (QED) is 0.835. The molecule has 21 heavy (non-hydrogen) atoms. The largest absolute Gasteiger partial charge is 0.313 e. The van der Waals surface area contributed by atoms with E-state index in [1.165, 1.54) is 6.07 Å². The number of nitrogens with zero attached hydrogens (tertiary/aromatic N) is 1. The predicted octanol–water partition coefficient (Wildman–Crippen LogP) is 4.03. The Labute approximate surface area is 130 Å². The fraction of sp³-hybridized carbons (Fsp3) is 0.353. The minimum atomic E-state index is -0.239. The van der Waals surface area contributed by atoms with Gasteiger partial charge in [0.1, 0.15) is 5.82 Å². The maximum atomic E-state index is 13.9. The van der Waals surface area contributed by atoms with Crippen molar-refractivity contribution in [2.45, 2.75) is 32.2 Å². The average molecular weight is 307 g/mol. The number of benzene rings is 1. The fourth-order valence-corrected chi connectivity index (χ4v) is 2.48. The van der Waals surface area contributed by atoms with Gasteiger partial charge in [-0.1, -0.05) is 30.7 Å². The number of halogens is 2. The van der Waals surface area contributed by atoms with Gasteiger partial charge in [-0.2, -0.15) is 0 Å². The van der Waals surface area contributed by atoms with E-state index in [1.807, 2.05) is 18.3 Å². The van der Waals surface area contributed by atoms with E-state index in [9.17, 15) is 4.39 Å².